The number of alkyl halides is 3. The number of aromatic nitrogens is 1. The number of amides is 1. The molecule has 0 spiro atoms. The number of guanidine groups is 1. The molecule has 1 atom stereocenters. The third kappa shape index (κ3) is 6.22. The highest BCUT2D eigenvalue weighted by atomic mass is 19.4. The maximum atomic E-state index is 13.1. The molecule has 1 aliphatic carbocycles. The third-order valence-electron chi connectivity index (χ3n) is 5.96. The van der Waals surface area contributed by atoms with Crippen LogP contribution in [0, 0.1) is 5.82 Å². The van der Waals surface area contributed by atoms with Crippen molar-refractivity contribution in [1.29, 1.82) is 0 Å². The predicted octanol–water partition coefficient (Wildman–Crippen LogP) is 3.42. The Hall–Kier alpha value is -3.21. The van der Waals surface area contributed by atoms with E-state index in [2.05, 4.69) is 20.6 Å². The first kappa shape index (κ1) is 25.4. The summed E-state index contributed by atoms with van der Waals surface area (Å²) in [5.41, 5.74) is 7.83. The average molecular weight is 481 g/mol. The highest BCUT2D eigenvalue weighted by molar-refractivity contribution is 6.02. The number of carbonyl (C=O) groups is 1. The van der Waals surface area contributed by atoms with Crippen molar-refractivity contribution in [2.45, 2.75) is 37.9 Å². The molecule has 0 radical (unpaired) electrons. The smallest absolute Gasteiger partial charge is 0.370 e. The van der Waals surface area contributed by atoms with Crippen molar-refractivity contribution in [2.75, 3.05) is 32.0 Å². The Morgan fingerprint density at radius 3 is 2.65 bits per heavy atom. The normalized spacial score (nSPS) is 17.8. The van der Waals surface area contributed by atoms with Gasteiger partial charge in [0, 0.05) is 32.2 Å². The van der Waals surface area contributed by atoms with Crippen molar-refractivity contribution in [3.8, 4) is 0 Å². The summed E-state index contributed by atoms with van der Waals surface area (Å²) >= 11 is 0. The molecule has 11 heteroatoms. The average Bonchev–Trinajstić information content (AvgIpc) is 2.78. The molecule has 34 heavy (non-hydrogen) atoms. The summed E-state index contributed by atoms with van der Waals surface area (Å²) in [5.74, 6) is -0.814. The summed E-state index contributed by atoms with van der Waals surface area (Å²) in [6.45, 7) is 2.65. The summed E-state index contributed by atoms with van der Waals surface area (Å²) in [6, 6.07) is 7.88. The number of aliphatic imine (C=N–C) groups is 1. The number of nitrogens with two attached hydrogens (primary N) is 1. The van der Waals surface area contributed by atoms with E-state index in [1.807, 2.05) is 19.1 Å². The Morgan fingerprint density at radius 1 is 1.26 bits per heavy atom. The Labute approximate surface area is 195 Å². The minimum Gasteiger partial charge on any atom is -0.370 e. The van der Waals surface area contributed by atoms with Crippen LogP contribution in [0.5, 0.6) is 0 Å². The number of carbonyl (C=O) groups excluding carboxylic acids is 1. The number of nitrogens with one attached hydrogen (secondary N) is 2. The lowest BCUT2D eigenvalue weighted by Crippen LogP contribution is -2.57. The van der Waals surface area contributed by atoms with Gasteiger partial charge >= 0.3 is 6.18 Å². The molecule has 0 fully saturated rings. The number of anilines is 1. The van der Waals surface area contributed by atoms with Crippen LogP contribution in [-0.4, -0.2) is 54.6 Å². The lowest BCUT2D eigenvalue weighted by atomic mass is 9.68. The van der Waals surface area contributed by atoms with Gasteiger partial charge in [-0.15, -0.1) is 0 Å². The number of pyridine rings is 1. The fourth-order valence-electron chi connectivity index (χ4n) is 4.03. The van der Waals surface area contributed by atoms with Gasteiger partial charge in [0.15, 0.2) is 5.96 Å². The van der Waals surface area contributed by atoms with Crippen LogP contribution in [0.1, 0.15) is 41.4 Å². The lowest BCUT2D eigenvalue weighted by molar-refractivity contribution is -0.138. The Bertz CT molecular complexity index is 1040. The predicted molar refractivity (Wildman–Crippen MR) is 122 cm³/mol. The molecular weight excluding hydrogens is 452 g/mol. The molecule has 1 heterocycles. The molecule has 0 bridgehead atoms. The van der Waals surface area contributed by atoms with Gasteiger partial charge < -0.3 is 21.3 Å². The van der Waals surface area contributed by atoms with Gasteiger partial charge in [0.2, 0.25) is 0 Å². The van der Waals surface area contributed by atoms with Gasteiger partial charge in [-0.05, 0) is 48.4 Å². The first-order valence-corrected chi connectivity index (χ1v) is 10.9. The highest BCUT2D eigenvalue weighted by Gasteiger charge is 2.43. The van der Waals surface area contributed by atoms with Crippen molar-refractivity contribution in [3.63, 3.8) is 0 Å². The van der Waals surface area contributed by atoms with Crippen molar-refractivity contribution in [1.82, 2.24) is 15.2 Å². The van der Waals surface area contributed by atoms with Crippen molar-refractivity contribution in [2.24, 2.45) is 10.7 Å². The summed E-state index contributed by atoms with van der Waals surface area (Å²) in [4.78, 5) is 22.0. The van der Waals surface area contributed by atoms with Crippen molar-refractivity contribution < 1.29 is 22.4 Å². The van der Waals surface area contributed by atoms with E-state index in [1.54, 1.807) is 18.0 Å². The quantitative estimate of drug-likeness (QED) is 0.290. The molecule has 2 aromatic rings. The van der Waals surface area contributed by atoms with Crippen molar-refractivity contribution in [3.05, 3.63) is 59.2 Å². The van der Waals surface area contributed by atoms with E-state index in [0.717, 1.165) is 23.4 Å². The second kappa shape index (κ2) is 10.4. The zero-order valence-electron chi connectivity index (χ0n) is 19.0. The van der Waals surface area contributed by atoms with E-state index in [0.29, 0.717) is 31.6 Å². The zero-order valence-corrected chi connectivity index (χ0v) is 19.0. The fraction of sp³-hybridized carbons (Fsp3) is 0.435. The molecule has 4 N–H and O–H groups in total. The highest BCUT2D eigenvalue weighted by Crippen LogP contribution is 2.43. The second-order valence-electron chi connectivity index (χ2n) is 8.23. The number of hydrogen-bond donors (Lipinski definition) is 3. The van der Waals surface area contributed by atoms with Crippen LogP contribution in [0.4, 0.5) is 23.2 Å². The van der Waals surface area contributed by atoms with Crippen LogP contribution in [0.25, 0.3) is 0 Å². The van der Waals surface area contributed by atoms with E-state index in [9.17, 15) is 22.4 Å². The fourth-order valence-corrected chi connectivity index (χ4v) is 4.03. The second-order valence-corrected chi connectivity index (χ2v) is 8.23. The summed E-state index contributed by atoms with van der Waals surface area (Å²) in [6.07, 6.45) is -3.00. The number of benzene rings is 1. The van der Waals surface area contributed by atoms with Crippen LogP contribution in [0.2, 0.25) is 0 Å². The topological polar surface area (TPSA) is 95.6 Å². The first-order chi connectivity index (χ1) is 16.0. The molecule has 1 amide bonds. The minimum atomic E-state index is -4.21. The van der Waals surface area contributed by atoms with Gasteiger partial charge in [0.1, 0.15) is 11.5 Å². The van der Waals surface area contributed by atoms with E-state index in [-0.39, 0.29) is 18.2 Å². The Morgan fingerprint density at radius 2 is 2.03 bits per heavy atom. The maximum absolute atomic E-state index is 13.1. The molecule has 0 unspecified atom stereocenters. The van der Waals surface area contributed by atoms with Gasteiger partial charge in [0.05, 0.1) is 18.2 Å². The standard InChI is InChI=1S/C23H28F4N6O/c1-3-33(11-9-23(25,26)27)10-8-22(32-21(28)29-2)13-15-4-6-17(12-18(15)22)31-20(34)19-7-5-16(24)14-30-19/h4-7,12,14H,3,8-11,13H2,1-2H3,(H,31,34)(H3,28,29,32)/t22-/m1/s1. The molecule has 7 nitrogen and oxygen atoms in total. The van der Waals surface area contributed by atoms with Gasteiger partial charge in [-0.2, -0.15) is 13.2 Å². The molecule has 1 aromatic heterocycles. The van der Waals surface area contributed by atoms with Gasteiger partial charge in [-0.25, -0.2) is 9.37 Å². The first-order valence-electron chi connectivity index (χ1n) is 10.9. The molecule has 184 valence electrons. The lowest BCUT2D eigenvalue weighted by Gasteiger charge is -2.46. The molecule has 1 aliphatic rings. The largest absolute Gasteiger partial charge is 0.390 e. The Balaban J connectivity index is 1.77. The van der Waals surface area contributed by atoms with Crippen LogP contribution < -0.4 is 16.4 Å². The van der Waals surface area contributed by atoms with E-state index in [4.69, 9.17) is 5.73 Å². The monoisotopic (exact) mass is 480 g/mol. The minimum absolute atomic E-state index is 0.0686. The summed E-state index contributed by atoms with van der Waals surface area (Å²) in [5, 5.41) is 5.97. The maximum Gasteiger partial charge on any atom is 0.390 e. The van der Waals surface area contributed by atoms with Crippen LogP contribution in [0.3, 0.4) is 0 Å². The summed E-state index contributed by atoms with van der Waals surface area (Å²) in [7, 11) is 1.55. The van der Waals surface area contributed by atoms with E-state index < -0.39 is 29.9 Å². The van der Waals surface area contributed by atoms with E-state index in [1.165, 1.54) is 6.07 Å². The molecule has 0 saturated carbocycles. The van der Waals surface area contributed by atoms with Crippen LogP contribution in [0.15, 0.2) is 41.5 Å². The van der Waals surface area contributed by atoms with Crippen LogP contribution >= 0.6 is 0 Å². The number of fused-ring (bicyclic) bond motifs is 1. The molecule has 1 aromatic carbocycles. The molecule has 0 saturated heterocycles. The van der Waals surface area contributed by atoms with Gasteiger partial charge in [-0.1, -0.05) is 13.0 Å². The number of halogens is 4. The van der Waals surface area contributed by atoms with Crippen LogP contribution in [-0.2, 0) is 12.0 Å². The number of nitrogens with zero attached hydrogens (tertiary/aromatic N) is 3. The zero-order chi connectivity index (χ0) is 24.9. The number of rotatable bonds is 9. The van der Waals surface area contributed by atoms with Gasteiger partial charge in [-0.3, -0.25) is 9.79 Å². The number of hydrogen-bond acceptors (Lipinski definition) is 4. The molecular formula is C23H28F4N6O. The van der Waals surface area contributed by atoms with E-state index >= 15 is 0 Å². The molecule has 3 rings (SSSR count). The van der Waals surface area contributed by atoms with Gasteiger partial charge in [0.25, 0.3) is 5.91 Å². The van der Waals surface area contributed by atoms with Crippen molar-refractivity contribution >= 4 is 17.6 Å². The molecule has 0 aliphatic heterocycles. The Kier molecular flexibility index (Phi) is 7.75. The SMILES string of the molecule is CCN(CCC(F)(F)F)CC[C@@]1(NC(N)=NC)Cc2ccc(NC(=O)c3ccc(F)cn3)cc21. The summed E-state index contributed by atoms with van der Waals surface area (Å²) < 4.78 is 51.1. The third-order valence-corrected chi connectivity index (χ3v) is 5.96.